The smallest absolute Gasteiger partial charge is 0.127 e. The Morgan fingerprint density at radius 2 is 1.78 bits per heavy atom. The van der Waals surface area contributed by atoms with Crippen molar-refractivity contribution in [2.24, 2.45) is 0 Å². The first-order valence-electron chi connectivity index (χ1n) is 5.78. The van der Waals surface area contributed by atoms with Crippen molar-refractivity contribution in [1.82, 2.24) is 9.88 Å². The SMILES string of the molecule is CN(Cc1ccccc1F)Cc1cccnc1N. The highest BCUT2D eigenvalue weighted by atomic mass is 19.1. The van der Waals surface area contributed by atoms with Gasteiger partial charge in [0.05, 0.1) is 0 Å². The normalized spacial score (nSPS) is 10.8. The molecular formula is C14H16FN3. The third-order valence-corrected chi connectivity index (χ3v) is 2.76. The zero-order chi connectivity index (χ0) is 13.0. The van der Waals surface area contributed by atoms with Crippen molar-refractivity contribution in [3.05, 3.63) is 59.5 Å². The van der Waals surface area contributed by atoms with Crippen molar-refractivity contribution in [3.63, 3.8) is 0 Å². The second-order valence-electron chi connectivity index (χ2n) is 4.31. The van der Waals surface area contributed by atoms with E-state index in [2.05, 4.69) is 4.98 Å². The molecule has 2 aromatic rings. The minimum Gasteiger partial charge on any atom is -0.383 e. The average Bonchev–Trinajstić information content (AvgIpc) is 2.35. The quantitative estimate of drug-likeness (QED) is 0.899. The summed E-state index contributed by atoms with van der Waals surface area (Å²) in [5.74, 6) is 0.349. The van der Waals surface area contributed by atoms with Gasteiger partial charge in [-0.05, 0) is 19.2 Å². The number of pyridine rings is 1. The van der Waals surface area contributed by atoms with Gasteiger partial charge in [-0.25, -0.2) is 9.37 Å². The molecule has 1 heterocycles. The Bertz CT molecular complexity index is 480. The Balaban J connectivity index is 2.04. The maximum atomic E-state index is 13.5. The summed E-state index contributed by atoms with van der Waals surface area (Å²) in [5.41, 5.74) is 7.42. The van der Waals surface area contributed by atoms with Crippen LogP contribution in [0.15, 0.2) is 42.6 Å². The average molecular weight is 245 g/mol. The van der Waals surface area contributed by atoms with E-state index in [0.29, 0.717) is 24.5 Å². The summed E-state index contributed by atoms with van der Waals surface area (Å²) in [5, 5.41) is 0. The molecule has 0 aliphatic rings. The Hall–Kier alpha value is -1.94. The Kier molecular flexibility index (Phi) is 3.89. The van der Waals surface area contributed by atoms with Crippen LogP contribution in [0, 0.1) is 5.82 Å². The number of rotatable bonds is 4. The first-order valence-corrected chi connectivity index (χ1v) is 5.78. The summed E-state index contributed by atoms with van der Waals surface area (Å²) in [6, 6.07) is 10.6. The van der Waals surface area contributed by atoms with Crippen molar-refractivity contribution in [2.45, 2.75) is 13.1 Å². The predicted octanol–water partition coefficient (Wildman–Crippen LogP) is 2.43. The van der Waals surface area contributed by atoms with Crippen molar-refractivity contribution in [1.29, 1.82) is 0 Å². The topological polar surface area (TPSA) is 42.2 Å². The molecule has 0 radical (unpaired) electrons. The monoisotopic (exact) mass is 245 g/mol. The van der Waals surface area contributed by atoms with Crippen LogP contribution in [0.5, 0.6) is 0 Å². The van der Waals surface area contributed by atoms with Gasteiger partial charge in [0.25, 0.3) is 0 Å². The van der Waals surface area contributed by atoms with Crippen LogP contribution >= 0.6 is 0 Å². The van der Waals surface area contributed by atoms with Gasteiger partial charge in [0, 0.05) is 30.4 Å². The van der Waals surface area contributed by atoms with E-state index in [-0.39, 0.29) is 5.82 Å². The fourth-order valence-electron chi connectivity index (χ4n) is 1.85. The molecule has 0 saturated carbocycles. The first kappa shape index (κ1) is 12.5. The molecule has 2 N–H and O–H groups in total. The zero-order valence-electron chi connectivity index (χ0n) is 10.3. The van der Waals surface area contributed by atoms with Crippen molar-refractivity contribution >= 4 is 5.82 Å². The molecule has 18 heavy (non-hydrogen) atoms. The molecule has 0 unspecified atom stereocenters. The zero-order valence-corrected chi connectivity index (χ0v) is 10.3. The number of nitrogen functional groups attached to an aromatic ring is 1. The minimum absolute atomic E-state index is 0.177. The summed E-state index contributed by atoms with van der Waals surface area (Å²) >= 11 is 0. The highest BCUT2D eigenvalue weighted by Gasteiger charge is 2.07. The molecule has 0 amide bonds. The number of halogens is 1. The van der Waals surface area contributed by atoms with Gasteiger partial charge >= 0.3 is 0 Å². The second-order valence-corrected chi connectivity index (χ2v) is 4.31. The molecule has 94 valence electrons. The first-order chi connectivity index (χ1) is 8.66. The molecule has 0 atom stereocenters. The van der Waals surface area contributed by atoms with Crippen LogP contribution in [0.2, 0.25) is 0 Å². The Morgan fingerprint density at radius 3 is 2.50 bits per heavy atom. The number of hydrogen-bond donors (Lipinski definition) is 1. The number of benzene rings is 1. The lowest BCUT2D eigenvalue weighted by Gasteiger charge is -2.17. The maximum absolute atomic E-state index is 13.5. The summed E-state index contributed by atoms with van der Waals surface area (Å²) < 4.78 is 13.5. The second kappa shape index (κ2) is 5.60. The van der Waals surface area contributed by atoms with Gasteiger partial charge in [-0.3, -0.25) is 4.90 Å². The molecule has 0 aliphatic carbocycles. The van der Waals surface area contributed by atoms with E-state index < -0.39 is 0 Å². The van der Waals surface area contributed by atoms with Gasteiger partial charge in [-0.2, -0.15) is 0 Å². The molecule has 1 aromatic carbocycles. The van der Waals surface area contributed by atoms with E-state index in [4.69, 9.17) is 5.73 Å². The lowest BCUT2D eigenvalue weighted by atomic mass is 10.2. The molecule has 0 saturated heterocycles. The van der Waals surface area contributed by atoms with Crippen LogP contribution in [0.25, 0.3) is 0 Å². The minimum atomic E-state index is -0.177. The summed E-state index contributed by atoms with van der Waals surface area (Å²) in [6.07, 6.45) is 1.66. The van der Waals surface area contributed by atoms with E-state index in [0.717, 1.165) is 5.56 Å². The molecule has 4 heteroatoms. The van der Waals surface area contributed by atoms with E-state index in [1.807, 2.05) is 30.1 Å². The fraction of sp³-hybridized carbons (Fsp3) is 0.214. The molecule has 3 nitrogen and oxygen atoms in total. The van der Waals surface area contributed by atoms with Crippen LogP contribution in [0.1, 0.15) is 11.1 Å². The molecule has 1 aromatic heterocycles. The van der Waals surface area contributed by atoms with Crippen LogP contribution in [0.3, 0.4) is 0 Å². The van der Waals surface area contributed by atoms with Gasteiger partial charge in [-0.15, -0.1) is 0 Å². The van der Waals surface area contributed by atoms with Crippen LogP contribution in [0.4, 0.5) is 10.2 Å². The molecular weight excluding hydrogens is 229 g/mol. The summed E-state index contributed by atoms with van der Waals surface area (Å²) in [6.45, 7) is 1.19. The van der Waals surface area contributed by atoms with Crippen molar-refractivity contribution < 1.29 is 4.39 Å². The van der Waals surface area contributed by atoms with E-state index >= 15 is 0 Å². The van der Waals surface area contributed by atoms with Crippen LogP contribution < -0.4 is 5.73 Å². The lowest BCUT2D eigenvalue weighted by Crippen LogP contribution is -2.19. The van der Waals surface area contributed by atoms with Gasteiger partial charge in [0.1, 0.15) is 11.6 Å². The highest BCUT2D eigenvalue weighted by Crippen LogP contribution is 2.13. The van der Waals surface area contributed by atoms with Gasteiger partial charge < -0.3 is 5.73 Å². The standard InChI is InChI=1S/C14H16FN3/c1-18(9-11-5-2-3-7-13(11)15)10-12-6-4-8-17-14(12)16/h2-8H,9-10H2,1H3,(H2,16,17). The van der Waals surface area contributed by atoms with E-state index in [9.17, 15) is 4.39 Å². The van der Waals surface area contributed by atoms with Gasteiger partial charge in [0.2, 0.25) is 0 Å². The number of nitrogens with zero attached hydrogens (tertiary/aromatic N) is 2. The predicted molar refractivity (Wildman–Crippen MR) is 70.2 cm³/mol. The van der Waals surface area contributed by atoms with Crippen LogP contribution in [-0.2, 0) is 13.1 Å². The Labute approximate surface area is 106 Å². The third kappa shape index (κ3) is 3.05. The van der Waals surface area contributed by atoms with E-state index in [1.54, 1.807) is 18.3 Å². The summed E-state index contributed by atoms with van der Waals surface area (Å²) in [4.78, 5) is 6.04. The summed E-state index contributed by atoms with van der Waals surface area (Å²) in [7, 11) is 1.93. The highest BCUT2D eigenvalue weighted by molar-refractivity contribution is 5.38. The molecule has 0 aliphatic heterocycles. The lowest BCUT2D eigenvalue weighted by molar-refractivity contribution is 0.314. The molecule has 0 bridgehead atoms. The Morgan fingerprint density at radius 1 is 1.11 bits per heavy atom. The fourth-order valence-corrected chi connectivity index (χ4v) is 1.85. The third-order valence-electron chi connectivity index (χ3n) is 2.76. The largest absolute Gasteiger partial charge is 0.383 e. The number of aromatic nitrogens is 1. The van der Waals surface area contributed by atoms with Crippen molar-refractivity contribution in [3.8, 4) is 0 Å². The number of nitrogens with two attached hydrogens (primary N) is 1. The number of hydrogen-bond acceptors (Lipinski definition) is 3. The number of anilines is 1. The van der Waals surface area contributed by atoms with E-state index in [1.165, 1.54) is 6.07 Å². The maximum Gasteiger partial charge on any atom is 0.127 e. The van der Waals surface area contributed by atoms with Crippen LogP contribution in [-0.4, -0.2) is 16.9 Å². The van der Waals surface area contributed by atoms with Crippen molar-refractivity contribution in [2.75, 3.05) is 12.8 Å². The van der Waals surface area contributed by atoms with Gasteiger partial charge in [0.15, 0.2) is 0 Å². The molecule has 0 spiro atoms. The molecule has 0 fully saturated rings. The molecule has 2 rings (SSSR count). The van der Waals surface area contributed by atoms with Gasteiger partial charge in [-0.1, -0.05) is 24.3 Å².